The van der Waals surface area contributed by atoms with Gasteiger partial charge >= 0.3 is 0 Å². The summed E-state index contributed by atoms with van der Waals surface area (Å²) in [5, 5.41) is 51.1. The number of aliphatic hydroxyl groups is 4. The summed E-state index contributed by atoms with van der Waals surface area (Å²) in [4.78, 5) is 13.9. The summed E-state index contributed by atoms with van der Waals surface area (Å²) < 4.78 is 26.7. The molecule has 0 aliphatic carbocycles. The Morgan fingerprint density at radius 2 is 1.08 bits per heavy atom. The van der Waals surface area contributed by atoms with Crippen molar-refractivity contribution in [3.05, 3.63) is 12.2 Å². The minimum absolute atomic E-state index is 0.0222. The van der Waals surface area contributed by atoms with Crippen LogP contribution in [0.25, 0.3) is 0 Å². The van der Waals surface area contributed by atoms with Gasteiger partial charge in [0.05, 0.1) is 81.9 Å². The Bertz CT molecular complexity index is 1380. The van der Waals surface area contributed by atoms with Crippen LogP contribution < -0.4 is 5.32 Å². The fourth-order valence-corrected chi connectivity index (χ4v) is 11.4. The average molecular weight is 856 g/mol. The fourth-order valence-electron chi connectivity index (χ4n) is 11.4. The van der Waals surface area contributed by atoms with Gasteiger partial charge in [0.2, 0.25) is 5.91 Å². The van der Waals surface area contributed by atoms with Crippen LogP contribution in [0.3, 0.4) is 0 Å². The van der Waals surface area contributed by atoms with Crippen molar-refractivity contribution in [1.29, 1.82) is 0 Å². The number of carbonyl (C=O) groups excluding carboxylic acids is 1. The van der Waals surface area contributed by atoms with E-state index in [-0.39, 0.29) is 32.3 Å². The summed E-state index contributed by atoms with van der Waals surface area (Å²) >= 11 is 0. The lowest BCUT2D eigenvalue weighted by Gasteiger charge is -2.71. The number of quaternary nitrogens is 1. The van der Waals surface area contributed by atoms with E-state index in [0.29, 0.717) is 17.3 Å². The molecule has 10 atom stereocenters. The van der Waals surface area contributed by atoms with Gasteiger partial charge in [0.15, 0.2) is 5.54 Å². The monoisotopic (exact) mass is 856 g/mol. The van der Waals surface area contributed by atoms with E-state index in [2.05, 4.69) is 24.4 Å². The van der Waals surface area contributed by atoms with Gasteiger partial charge in [0.1, 0.15) is 16.8 Å². The number of allylic oxidation sites excluding steroid dienone is 2. The number of amides is 1. The van der Waals surface area contributed by atoms with Gasteiger partial charge in [-0.1, -0.05) is 91.2 Å². The molecule has 1 amide bonds. The molecule has 2 fully saturated rings. The number of carbonyl (C=O) groups is 1. The molecule has 0 spiro atoms. The Morgan fingerprint density at radius 3 is 1.55 bits per heavy atom. The quantitative estimate of drug-likeness (QED) is 0.0332. The predicted octanol–water partition coefficient (Wildman–Crippen LogP) is 8.03. The highest BCUT2D eigenvalue weighted by molar-refractivity contribution is 5.77. The van der Waals surface area contributed by atoms with Gasteiger partial charge in [-0.05, 0) is 93.9 Å². The molecule has 354 valence electrons. The number of hydrogen-bond acceptors (Lipinski definition) is 9. The van der Waals surface area contributed by atoms with E-state index >= 15 is 0 Å². The number of hydrogen-bond donors (Lipinski definition) is 5. The van der Waals surface area contributed by atoms with Crippen LogP contribution in [-0.4, -0.2) is 137 Å². The second-order valence-corrected chi connectivity index (χ2v) is 21.6. The molecule has 0 bridgehead atoms. The lowest BCUT2D eigenvalue weighted by molar-refractivity contribution is -0.944. The topological polar surface area (TPSA) is 147 Å². The number of nitrogens with zero attached hydrogens (tertiary/aromatic N) is 1. The van der Waals surface area contributed by atoms with E-state index < -0.39 is 62.1 Å². The van der Waals surface area contributed by atoms with E-state index in [0.717, 1.165) is 38.5 Å². The maximum absolute atomic E-state index is 13.9. The summed E-state index contributed by atoms with van der Waals surface area (Å²) in [6.07, 6.45) is 20.7. The summed E-state index contributed by atoms with van der Waals surface area (Å²) in [7, 11) is 7.64. The third kappa shape index (κ3) is 9.75. The Labute approximate surface area is 367 Å². The Hall–Kier alpha value is -1.15. The Balaban J connectivity index is 2.28. The third-order valence-electron chi connectivity index (χ3n) is 17.3. The molecule has 0 radical (unpaired) electrons. The molecule has 0 saturated carbocycles. The minimum atomic E-state index is -1.73. The first-order valence-corrected chi connectivity index (χ1v) is 23.5. The second kappa shape index (κ2) is 20.8. The minimum Gasteiger partial charge on any atom is -0.393 e. The smallest absolute Gasteiger partial charge is 0.220 e. The Kier molecular flexibility index (Phi) is 19.0. The van der Waals surface area contributed by atoms with Crippen molar-refractivity contribution in [2.75, 3.05) is 61.3 Å². The van der Waals surface area contributed by atoms with Crippen molar-refractivity contribution in [1.82, 2.24) is 5.32 Å². The largest absolute Gasteiger partial charge is 0.393 e. The molecular formula is C49H95N2O9+. The van der Waals surface area contributed by atoms with Crippen LogP contribution in [0.2, 0.25) is 0 Å². The summed E-state index contributed by atoms with van der Waals surface area (Å²) in [6, 6.07) is 0. The number of rotatable bonds is 26. The SMILES string of the molecule is CCCCCCCC/C=C\CCCCCCCC(=O)NC1(C)[C@](C)(O)[C@](C)(COC[C@]2(C)OC(C)(CO)[C@@](C)(CC)[C@@](C)(O)C2(C)[N+](C)(C)C)C(C)(CO)O[C@@]1(C)COC. The van der Waals surface area contributed by atoms with Crippen LogP contribution in [0.1, 0.15) is 179 Å². The number of likely N-dealkylation sites (N-methyl/N-ethyl adjacent to an activating group) is 1. The van der Waals surface area contributed by atoms with Gasteiger partial charge in [0, 0.05) is 18.9 Å². The first-order chi connectivity index (χ1) is 27.6. The summed E-state index contributed by atoms with van der Waals surface area (Å²) in [5.41, 5.74) is -12.5. The van der Waals surface area contributed by atoms with Gasteiger partial charge in [-0.25, -0.2) is 0 Å². The van der Waals surface area contributed by atoms with Crippen molar-refractivity contribution in [3.63, 3.8) is 0 Å². The van der Waals surface area contributed by atoms with Crippen LogP contribution in [0.4, 0.5) is 0 Å². The standard InChI is InChI=1S/C49H94N2O9/c1-17-19-20-21-22-23-24-25-26-27-28-29-30-31-32-33-39(54)50-46(9)44(7,37-57-16)59-43(6,35-53)41(4,48(46,11)55)36-58-38-45(8)47(10,51(13,14)15)49(12,56)40(3,18-2)42(5,34-52)60-45/h25-26,52-53,55-56H,17-24,27-38H2,1-16H3/p+1/b26-25-/t40-,41-,42?,43?,44+,45+,46?,47?,48-,49-/m1/s1. The zero-order chi connectivity index (χ0) is 46.2. The number of aliphatic hydroxyl groups excluding tert-OH is 2. The summed E-state index contributed by atoms with van der Waals surface area (Å²) in [6.45, 7) is 21.9. The highest BCUT2D eigenvalue weighted by Gasteiger charge is 2.79. The molecule has 2 aliphatic rings. The molecule has 60 heavy (non-hydrogen) atoms. The van der Waals surface area contributed by atoms with Crippen molar-refractivity contribution in [3.8, 4) is 0 Å². The maximum atomic E-state index is 13.9. The van der Waals surface area contributed by atoms with Crippen LogP contribution in [0, 0.1) is 10.8 Å². The van der Waals surface area contributed by atoms with Gasteiger partial charge < -0.3 is 49.2 Å². The molecule has 11 heteroatoms. The highest BCUT2D eigenvalue weighted by atomic mass is 16.6. The zero-order valence-corrected chi connectivity index (χ0v) is 41.6. The fraction of sp³-hybridized carbons (Fsp3) is 0.939. The molecule has 2 heterocycles. The van der Waals surface area contributed by atoms with Crippen LogP contribution in [0.5, 0.6) is 0 Å². The van der Waals surface area contributed by atoms with Crippen molar-refractivity contribution in [2.45, 2.75) is 224 Å². The van der Waals surface area contributed by atoms with E-state index in [1.807, 2.05) is 76.5 Å². The lowest BCUT2D eigenvalue weighted by Crippen LogP contribution is -2.88. The van der Waals surface area contributed by atoms with Gasteiger partial charge in [-0.15, -0.1) is 0 Å². The molecule has 5 N–H and O–H groups in total. The number of methoxy groups -OCH3 is 1. The molecular weight excluding hydrogens is 761 g/mol. The molecule has 4 unspecified atom stereocenters. The number of ether oxygens (including phenoxy) is 4. The molecule has 0 aromatic rings. The molecule has 2 aliphatic heterocycles. The lowest BCUT2D eigenvalue weighted by atomic mass is 9.49. The van der Waals surface area contributed by atoms with Gasteiger partial charge in [-0.2, -0.15) is 0 Å². The first kappa shape index (κ1) is 55.0. The first-order valence-electron chi connectivity index (χ1n) is 23.5. The van der Waals surface area contributed by atoms with E-state index in [1.54, 1.807) is 27.9 Å². The van der Waals surface area contributed by atoms with Gasteiger partial charge in [-0.3, -0.25) is 4.79 Å². The molecule has 2 rings (SSSR count). The number of nitrogens with one attached hydrogen (secondary N) is 1. The highest BCUT2D eigenvalue weighted by Crippen LogP contribution is 2.63. The van der Waals surface area contributed by atoms with Crippen LogP contribution in [-0.2, 0) is 23.7 Å². The molecule has 11 nitrogen and oxygen atoms in total. The molecule has 0 aromatic carbocycles. The maximum Gasteiger partial charge on any atom is 0.220 e. The Morgan fingerprint density at radius 1 is 0.617 bits per heavy atom. The van der Waals surface area contributed by atoms with Gasteiger partial charge in [0.25, 0.3) is 0 Å². The predicted molar refractivity (Wildman–Crippen MR) is 243 cm³/mol. The normalized spacial score (nSPS) is 40.0. The van der Waals surface area contributed by atoms with Crippen LogP contribution in [0.15, 0.2) is 12.2 Å². The second-order valence-electron chi connectivity index (χ2n) is 21.6. The summed E-state index contributed by atoms with van der Waals surface area (Å²) in [5.74, 6) is -0.191. The number of unbranched alkanes of at least 4 members (excludes halogenated alkanes) is 11. The average Bonchev–Trinajstić information content (AvgIpc) is 3.16. The van der Waals surface area contributed by atoms with Crippen molar-refractivity contribution < 1.29 is 48.7 Å². The third-order valence-corrected chi connectivity index (χ3v) is 17.3. The van der Waals surface area contributed by atoms with Crippen LogP contribution >= 0.6 is 0 Å². The molecule has 0 aromatic heterocycles. The van der Waals surface area contributed by atoms with Crippen molar-refractivity contribution in [2.24, 2.45) is 10.8 Å². The van der Waals surface area contributed by atoms with E-state index in [9.17, 15) is 25.2 Å². The van der Waals surface area contributed by atoms with E-state index in [4.69, 9.17) is 18.9 Å². The van der Waals surface area contributed by atoms with Crippen molar-refractivity contribution >= 4 is 5.91 Å². The van der Waals surface area contributed by atoms with E-state index in [1.165, 1.54) is 44.9 Å². The molecule has 2 saturated heterocycles. The zero-order valence-electron chi connectivity index (χ0n) is 41.6.